The molecule has 0 aromatic heterocycles. The van der Waals surface area contributed by atoms with E-state index in [-0.39, 0.29) is 23.7 Å². The topological polar surface area (TPSA) is 64.6 Å². The number of carbonyl (C=O) groups is 2. The van der Waals surface area contributed by atoms with Crippen LogP contribution < -0.4 is 5.32 Å². The van der Waals surface area contributed by atoms with Crippen molar-refractivity contribution in [3.63, 3.8) is 0 Å². The second kappa shape index (κ2) is 6.89. The van der Waals surface area contributed by atoms with Crippen molar-refractivity contribution in [1.82, 2.24) is 5.32 Å². The van der Waals surface area contributed by atoms with Crippen molar-refractivity contribution in [2.45, 2.75) is 44.6 Å². The summed E-state index contributed by atoms with van der Waals surface area (Å²) in [5, 5.41) is 2.89. The maximum atomic E-state index is 12.1. The van der Waals surface area contributed by atoms with E-state index in [4.69, 9.17) is 9.47 Å². The Morgan fingerprint density at radius 1 is 1.21 bits per heavy atom. The Labute approximate surface area is 114 Å². The monoisotopic (exact) mass is 269 g/mol. The summed E-state index contributed by atoms with van der Waals surface area (Å²) >= 11 is 0. The molecule has 5 heteroatoms. The minimum absolute atomic E-state index is 0.0709. The van der Waals surface area contributed by atoms with Gasteiger partial charge in [0.15, 0.2) is 0 Å². The van der Waals surface area contributed by atoms with E-state index < -0.39 is 6.04 Å². The number of rotatable bonds is 4. The first kappa shape index (κ1) is 14.3. The first-order chi connectivity index (χ1) is 9.22. The molecule has 19 heavy (non-hydrogen) atoms. The van der Waals surface area contributed by atoms with Crippen LogP contribution in [0.1, 0.15) is 38.5 Å². The number of methoxy groups -OCH3 is 1. The van der Waals surface area contributed by atoms with Gasteiger partial charge < -0.3 is 14.8 Å². The number of nitrogens with one attached hydrogen (secondary N) is 1. The van der Waals surface area contributed by atoms with Gasteiger partial charge >= 0.3 is 5.97 Å². The highest BCUT2D eigenvalue weighted by molar-refractivity contribution is 5.86. The fourth-order valence-corrected chi connectivity index (χ4v) is 2.98. The van der Waals surface area contributed by atoms with Crippen molar-refractivity contribution in [3.8, 4) is 0 Å². The number of hydrogen-bond acceptors (Lipinski definition) is 4. The van der Waals surface area contributed by atoms with Crippen LogP contribution >= 0.6 is 0 Å². The van der Waals surface area contributed by atoms with Crippen LogP contribution in [0.3, 0.4) is 0 Å². The van der Waals surface area contributed by atoms with Gasteiger partial charge in [0.05, 0.1) is 19.6 Å². The van der Waals surface area contributed by atoms with Gasteiger partial charge in [-0.2, -0.15) is 0 Å². The molecule has 1 saturated carbocycles. The van der Waals surface area contributed by atoms with Gasteiger partial charge in [0, 0.05) is 6.61 Å². The van der Waals surface area contributed by atoms with Crippen LogP contribution in [0.15, 0.2) is 0 Å². The fourth-order valence-electron chi connectivity index (χ4n) is 2.98. The molecule has 1 amide bonds. The maximum absolute atomic E-state index is 12.1. The summed E-state index contributed by atoms with van der Waals surface area (Å²) in [6.07, 6.45) is 6.18. The normalized spacial score (nSPS) is 25.8. The molecule has 108 valence electrons. The summed E-state index contributed by atoms with van der Waals surface area (Å²) in [5.74, 6) is -0.291. The smallest absolute Gasteiger partial charge is 0.328 e. The van der Waals surface area contributed by atoms with E-state index in [1.807, 2.05) is 0 Å². The molecule has 1 aliphatic carbocycles. The number of hydrogen-bond donors (Lipinski definition) is 1. The first-order valence-corrected chi connectivity index (χ1v) is 7.18. The second-order valence-electron chi connectivity index (χ2n) is 5.47. The minimum Gasteiger partial charge on any atom is -0.467 e. The van der Waals surface area contributed by atoms with Crippen LogP contribution in [0.4, 0.5) is 0 Å². The summed E-state index contributed by atoms with van der Waals surface area (Å²) < 4.78 is 10.1. The van der Waals surface area contributed by atoms with E-state index >= 15 is 0 Å². The number of amides is 1. The molecule has 1 heterocycles. The fraction of sp³-hybridized carbons (Fsp3) is 0.857. The number of ether oxygens (including phenoxy) is 2. The average molecular weight is 269 g/mol. The Morgan fingerprint density at radius 2 is 1.95 bits per heavy atom. The lowest BCUT2D eigenvalue weighted by molar-refractivity contribution is -0.147. The van der Waals surface area contributed by atoms with Gasteiger partial charge in [-0.05, 0) is 25.2 Å². The quantitative estimate of drug-likeness (QED) is 0.780. The molecule has 1 saturated heterocycles. The van der Waals surface area contributed by atoms with Crippen LogP contribution in [0.5, 0.6) is 0 Å². The molecule has 0 aromatic carbocycles. The summed E-state index contributed by atoms with van der Waals surface area (Å²) in [6, 6.07) is -0.488. The van der Waals surface area contributed by atoms with E-state index in [2.05, 4.69) is 5.32 Å². The third-order valence-electron chi connectivity index (χ3n) is 4.17. The van der Waals surface area contributed by atoms with Crippen LogP contribution in [-0.2, 0) is 19.1 Å². The van der Waals surface area contributed by atoms with Gasteiger partial charge in [0.25, 0.3) is 0 Å². The first-order valence-electron chi connectivity index (χ1n) is 7.18. The predicted molar refractivity (Wildman–Crippen MR) is 69.4 cm³/mol. The summed E-state index contributed by atoms with van der Waals surface area (Å²) in [5.41, 5.74) is 0. The lowest BCUT2D eigenvalue weighted by Crippen LogP contribution is -2.49. The third-order valence-corrected chi connectivity index (χ3v) is 4.17. The average Bonchev–Trinajstić information content (AvgIpc) is 2.99. The van der Waals surface area contributed by atoms with Gasteiger partial charge in [-0.3, -0.25) is 4.79 Å². The number of carbonyl (C=O) groups excluding carboxylic acids is 2. The Kier molecular flexibility index (Phi) is 5.19. The number of esters is 1. The van der Waals surface area contributed by atoms with Gasteiger partial charge in [-0.1, -0.05) is 19.3 Å². The van der Waals surface area contributed by atoms with E-state index in [1.54, 1.807) is 0 Å². The molecule has 2 rings (SSSR count). The second-order valence-corrected chi connectivity index (χ2v) is 5.47. The van der Waals surface area contributed by atoms with Gasteiger partial charge in [-0.15, -0.1) is 0 Å². The predicted octanol–water partition coefficient (Wildman–Crippen LogP) is 1.26. The Hall–Kier alpha value is -1.10. The zero-order valence-corrected chi connectivity index (χ0v) is 11.5. The Morgan fingerprint density at radius 3 is 2.53 bits per heavy atom. The zero-order chi connectivity index (χ0) is 13.7. The molecule has 1 aliphatic heterocycles. The van der Waals surface area contributed by atoms with E-state index in [0.717, 1.165) is 32.1 Å². The van der Waals surface area contributed by atoms with Crippen molar-refractivity contribution < 1.29 is 19.1 Å². The largest absolute Gasteiger partial charge is 0.467 e. The van der Waals surface area contributed by atoms with Crippen molar-refractivity contribution in [1.29, 1.82) is 0 Å². The van der Waals surface area contributed by atoms with Crippen molar-refractivity contribution >= 4 is 11.9 Å². The molecule has 2 fully saturated rings. The van der Waals surface area contributed by atoms with Gasteiger partial charge in [-0.25, -0.2) is 4.79 Å². The van der Waals surface area contributed by atoms with Crippen molar-refractivity contribution in [2.75, 3.05) is 20.3 Å². The van der Waals surface area contributed by atoms with E-state index in [1.165, 1.54) is 13.5 Å². The molecule has 5 nitrogen and oxygen atoms in total. The molecule has 0 aromatic rings. The molecule has 0 bridgehead atoms. The van der Waals surface area contributed by atoms with E-state index in [9.17, 15) is 9.59 Å². The third kappa shape index (κ3) is 3.69. The molecular weight excluding hydrogens is 246 g/mol. The lowest BCUT2D eigenvalue weighted by atomic mass is 9.83. The lowest BCUT2D eigenvalue weighted by Gasteiger charge is -2.29. The van der Waals surface area contributed by atoms with Gasteiger partial charge in [0.2, 0.25) is 5.91 Å². The SMILES string of the molecule is COC(=O)[C@H](NC(=O)[C@H]1CCOC1)C1CCCCC1. The van der Waals surface area contributed by atoms with Crippen LogP contribution in [-0.4, -0.2) is 38.2 Å². The van der Waals surface area contributed by atoms with Crippen LogP contribution in [0.2, 0.25) is 0 Å². The van der Waals surface area contributed by atoms with Crippen molar-refractivity contribution in [2.24, 2.45) is 11.8 Å². The summed E-state index contributed by atoms with van der Waals surface area (Å²) in [6.45, 7) is 1.09. The standard InChI is InChI=1S/C14H23NO4/c1-18-14(17)12(10-5-3-2-4-6-10)15-13(16)11-7-8-19-9-11/h10-12H,2-9H2,1H3,(H,15,16)/t11-,12+/m0/s1. The molecule has 2 aliphatic rings. The van der Waals surface area contributed by atoms with Crippen molar-refractivity contribution in [3.05, 3.63) is 0 Å². The molecule has 0 spiro atoms. The maximum Gasteiger partial charge on any atom is 0.328 e. The highest BCUT2D eigenvalue weighted by atomic mass is 16.5. The van der Waals surface area contributed by atoms with Crippen LogP contribution in [0.25, 0.3) is 0 Å². The highest BCUT2D eigenvalue weighted by Crippen LogP contribution is 2.27. The molecule has 1 N–H and O–H groups in total. The Balaban J connectivity index is 1.96. The molecule has 0 unspecified atom stereocenters. The van der Waals surface area contributed by atoms with E-state index in [0.29, 0.717) is 13.2 Å². The Bertz CT molecular complexity index is 319. The molecule has 0 radical (unpaired) electrons. The van der Waals surface area contributed by atoms with Gasteiger partial charge in [0.1, 0.15) is 6.04 Å². The highest BCUT2D eigenvalue weighted by Gasteiger charge is 2.34. The van der Waals surface area contributed by atoms with Crippen LogP contribution in [0, 0.1) is 11.8 Å². The zero-order valence-electron chi connectivity index (χ0n) is 11.5. The summed E-state index contributed by atoms with van der Waals surface area (Å²) in [7, 11) is 1.38. The minimum atomic E-state index is -0.488. The molecule has 2 atom stereocenters. The summed E-state index contributed by atoms with van der Waals surface area (Å²) in [4.78, 5) is 24.0. The molecular formula is C14H23NO4.